The first-order valence-electron chi connectivity index (χ1n) is 10.0. The number of anilines is 1. The van der Waals surface area contributed by atoms with Gasteiger partial charge in [-0.1, -0.05) is 12.1 Å². The minimum Gasteiger partial charge on any atom is -0.388 e. The molecule has 0 saturated heterocycles. The highest BCUT2D eigenvalue weighted by Gasteiger charge is 2.18. The molecule has 0 spiro atoms. The molecule has 0 aliphatic heterocycles. The lowest BCUT2D eigenvalue weighted by atomic mass is 10.0. The van der Waals surface area contributed by atoms with Gasteiger partial charge in [0.15, 0.2) is 0 Å². The van der Waals surface area contributed by atoms with Gasteiger partial charge in [-0.05, 0) is 54.1 Å². The molecule has 1 heterocycles. The van der Waals surface area contributed by atoms with E-state index < -0.39 is 0 Å². The normalized spacial score (nSPS) is 10.7. The van der Waals surface area contributed by atoms with E-state index in [-0.39, 0.29) is 17.6 Å². The van der Waals surface area contributed by atoms with Crippen molar-refractivity contribution in [2.75, 3.05) is 19.4 Å². The molecule has 0 aliphatic carbocycles. The molecule has 0 unspecified atom stereocenters. The number of hydrogen-bond donors (Lipinski definition) is 3. The minimum absolute atomic E-state index is 0.322. The first kappa shape index (κ1) is 21.0. The number of aromatic nitrogens is 2. The lowest BCUT2D eigenvalue weighted by molar-refractivity contribution is 0.0952. The van der Waals surface area contributed by atoms with Crippen molar-refractivity contribution in [3.05, 3.63) is 89.4 Å². The lowest BCUT2D eigenvalue weighted by Gasteiger charge is -2.10. The molecular formula is C24H22FN5O2. The Morgan fingerprint density at radius 3 is 2.34 bits per heavy atom. The number of rotatable bonds is 6. The first-order chi connectivity index (χ1) is 15.5. The van der Waals surface area contributed by atoms with Gasteiger partial charge in [0.2, 0.25) is 0 Å². The maximum Gasteiger partial charge on any atom is 0.252 e. The molecule has 32 heavy (non-hydrogen) atoms. The van der Waals surface area contributed by atoms with Gasteiger partial charge in [-0.25, -0.2) is 9.07 Å². The Morgan fingerprint density at radius 1 is 0.969 bits per heavy atom. The maximum absolute atomic E-state index is 13.4. The third kappa shape index (κ3) is 4.15. The summed E-state index contributed by atoms with van der Waals surface area (Å²) in [6, 6.07) is 16.8. The average Bonchev–Trinajstić information content (AvgIpc) is 3.26. The molecule has 7 nitrogen and oxygen atoms in total. The van der Waals surface area contributed by atoms with E-state index in [9.17, 15) is 14.0 Å². The van der Waals surface area contributed by atoms with E-state index in [0.717, 1.165) is 11.3 Å². The van der Waals surface area contributed by atoms with Crippen LogP contribution in [0.5, 0.6) is 0 Å². The van der Waals surface area contributed by atoms with Crippen LogP contribution in [-0.4, -0.2) is 35.7 Å². The van der Waals surface area contributed by atoms with Crippen LogP contribution in [0, 0.1) is 5.82 Å². The fraction of sp³-hybridized carbons (Fsp3) is 0.125. The van der Waals surface area contributed by atoms with E-state index in [1.807, 2.05) is 31.3 Å². The Kier molecular flexibility index (Phi) is 5.85. The summed E-state index contributed by atoms with van der Waals surface area (Å²) in [5.41, 5.74) is 3.77. The molecule has 0 aliphatic rings. The fourth-order valence-corrected chi connectivity index (χ4v) is 3.44. The van der Waals surface area contributed by atoms with Crippen LogP contribution in [0.3, 0.4) is 0 Å². The van der Waals surface area contributed by atoms with Crippen molar-refractivity contribution in [3.8, 4) is 5.69 Å². The van der Waals surface area contributed by atoms with Gasteiger partial charge in [0.1, 0.15) is 5.82 Å². The van der Waals surface area contributed by atoms with Crippen LogP contribution in [0.15, 0.2) is 66.9 Å². The Balaban J connectivity index is 1.71. The van der Waals surface area contributed by atoms with E-state index in [1.54, 1.807) is 35.1 Å². The van der Waals surface area contributed by atoms with Crippen molar-refractivity contribution in [2.24, 2.45) is 0 Å². The SMILES string of the molecule is CNC(=O)c1cc(C(=O)NCc2ccc(NC)cc2)c2cnn(-c3ccc(F)cc3)c2c1. The van der Waals surface area contributed by atoms with Gasteiger partial charge in [0.25, 0.3) is 11.8 Å². The monoisotopic (exact) mass is 431 g/mol. The number of fused-ring (bicyclic) bond motifs is 1. The Morgan fingerprint density at radius 2 is 1.69 bits per heavy atom. The Bertz CT molecular complexity index is 1280. The van der Waals surface area contributed by atoms with Gasteiger partial charge in [0.05, 0.1) is 23.0 Å². The molecule has 0 saturated carbocycles. The lowest BCUT2D eigenvalue weighted by Crippen LogP contribution is -2.24. The average molecular weight is 431 g/mol. The summed E-state index contributed by atoms with van der Waals surface area (Å²) in [6.45, 7) is 0.334. The molecule has 162 valence electrons. The minimum atomic E-state index is -0.362. The highest BCUT2D eigenvalue weighted by atomic mass is 19.1. The number of benzene rings is 3. The number of amides is 2. The van der Waals surface area contributed by atoms with E-state index in [1.165, 1.54) is 19.2 Å². The largest absolute Gasteiger partial charge is 0.388 e. The van der Waals surface area contributed by atoms with Gasteiger partial charge in [-0.2, -0.15) is 5.10 Å². The highest BCUT2D eigenvalue weighted by Crippen LogP contribution is 2.24. The molecule has 0 radical (unpaired) electrons. The molecular weight excluding hydrogens is 409 g/mol. The van der Waals surface area contributed by atoms with Crippen LogP contribution in [0.2, 0.25) is 0 Å². The standard InChI is InChI=1S/C24H22FN5O2/c1-26-18-7-3-15(4-8-18)13-28-24(32)20-11-16(23(31)27-2)12-22-21(20)14-29-30(22)19-9-5-17(25)6-10-19/h3-12,14,26H,13H2,1-2H3,(H,27,31)(H,28,32). The predicted octanol–water partition coefficient (Wildman–Crippen LogP) is 3.50. The van der Waals surface area contributed by atoms with E-state index in [0.29, 0.717) is 34.3 Å². The predicted molar refractivity (Wildman–Crippen MR) is 122 cm³/mol. The zero-order valence-electron chi connectivity index (χ0n) is 17.6. The number of carbonyl (C=O) groups is 2. The van der Waals surface area contributed by atoms with E-state index in [2.05, 4.69) is 21.0 Å². The summed E-state index contributed by atoms with van der Waals surface area (Å²) in [4.78, 5) is 25.4. The number of nitrogens with zero attached hydrogens (tertiary/aromatic N) is 2. The Labute approximate surface area is 184 Å². The number of nitrogens with one attached hydrogen (secondary N) is 3. The maximum atomic E-state index is 13.4. The van der Waals surface area contributed by atoms with Crippen molar-refractivity contribution < 1.29 is 14.0 Å². The molecule has 0 bridgehead atoms. The van der Waals surface area contributed by atoms with Gasteiger partial charge < -0.3 is 16.0 Å². The van der Waals surface area contributed by atoms with Crippen LogP contribution in [0.1, 0.15) is 26.3 Å². The molecule has 3 N–H and O–H groups in total. The van der Waals surface area contributed by atoms with Gasteiger partial charge >= 0.3 is 0 Å². The van der Waals surface area contributed by atoms with Gasteiger partial charge in [0, 0.05) is 37.3 Å². The van der Waals surface area contributed by atoms with Crippen molar-refractivity contribution >= 4 is 28.4 Å². The smallest absolute Gasteiger partial charge is 0.252 e. The zero-order valence-corrected chi connectivity index (χ0v) is 17.6. The molecule has 2 amide bonds. The highest BCUT2D eigenvalue weighted by molar-refractivity contribution is 6.10. The topological polar surface area (TPSA) is 88.1 Å². The summed E-state index contributed by atoms with van der Waals surface area (Å²) >= 11 is 0. The summed E-state index contributed by atoms with van der Waals surface area (Å²) < 4.78 is 14.9. The second-order valence-corrected chi connectivity index (χ2v) is 7.20. The third-order valence-corrected chi connectivity index (χ3v) is 5.19. The third-order valence-electron chi connectivity index (χ3n) is 5.19. The van der Waals surface area contributed by atoms with Crippen molar-refractivity contribution in [1.82, 2.24) is 20.4 Å². The fourth-order valence-electron chi connectivity index (χ4n) is 3.44. The van der Waals surface area contributed by atoms with Crippen molar-refractivity contribution in [3.63, 3.8) is 0 Å². The molecule has 8 heteroatoms. The van der Waals surface area contributed by atoms with Crippen LogP contribution < -0.4 is 16.0 Å². The quantitative estimate of drug-likeness (QED) is 0.436. The summed E-state index contributed by atoms with van der Waals surface area (Å²) in [5, 5.41) is 13.5. The molecule has 0 fully saturated rings. The van der Waals surface area contributed by atoms with Crippen LogP contribution >= 0.6 is 0 Å². The van der Waals surface area contributed by atoms with E-state index >= 15 is 0 Å². The first-order valence-corrected chi connectivity index (χ1v) is 10.0. The molecule has 1 aromatic heterocycles. The molecule has 3 aromatic carbocycles. The summed E-state index contributed by atoms with van der Waals surface area (Å²) in [6.07, 6.45) is 1.57. The summed E-state index contributed by atoms with van der Waals surface area (Å²) in [5.74, 6) is -1.01. The second-order valence-electron chi connectivity index (χ2n) is 7.20. The van der Waals surface area contributed by atoms with Crippen LogP contribution in [-0.2, 0) is 6.54 Å². The van der Waals surface area contributed by atoms with Gasteiger partial charge in [-0.15, -0.1) is 0 Å². The molecule has 4 aromatic rings. The van der Waals surface area contributed by atoms with E-state index in [4.69, 9.17) is 0 Å². The van der Waals surface area contributed by atoms with Crippen LogP contribution in [0.4, 0.5) is 10.1 Å². The Hall–Kier alpha value is -4.20. The second kappa shape index (κ2) is 8.89. The molecule has 0 atom stereocenters. The number of halogens is 1. The van der Waals surface area contributed by atoms with Gasteiger partial charge in [-0.3, -0.25) is 9.59 Å². The van der Waals surface area contributed by atoms with Crippen molar-refractivity contribution in [2.45, 2.75) is 6.54 Å². The molecule has 4 rings (SSSR count). The number of carbonyl (C=O) groups excluding carboxylic acids is 2. The van der Waals surface area contributed by atoms with Crippen LogP contribution in [0.25, 0.3) is 16.6 Å². The number of hydrogen-bond acceptors (Lipinski definition) is 4. The van der Waals surface area contributed by atoms with Crippen molar-refractivity contribution in [1.29, 1.82) is 0 Å². The zero-order chi connectivity index (χ0) is 22.7. The summed E-state index contributed by atoms with van der Waals surface area (Å²) in [7, 11) is 3.37.